The van der Waals surface area contributed by atoms with Gasteiger partial charge in [-0.05, 0) is 42.5 Å². The number of aliphatic hydroxyl groups excluding tert-OH is 1. The molecule has 4 nitrogen and oxygen atoms in total. The molecule has 2 heterocycles. The standard InChI is InChI=1S/C19H20N2O2S/c22-16(18-12-14-6-1-2-9-17(14)24-18)13-21-19(23)10-5-8-15-7-3-4-11-20-15/h1-4,6-7,9,11-12,16,22H,5,8,10,13H2,(H,21,23). The molecule has 0 bridgehead atoms. The second-order valence-electron chi connectivity index (χ2n) is 5.68. The number of hydrogen-bond donors (Lipinski definition) is 2. The van der Waals surface area contributed by atoms with E-state index in [1.807, 2.05) is 48.5 Å². The van der Waals surface area contributed by atoms with Crippen LogP contribution in [0.3, 0.4) is 0 Å². The lowest BCUT2D eigenvalue weighted by Crippen LogP contribution is -2.27. The summed E-state index contributed by atoms with van der Waals surface area (Å²) in [6.07, 6.45) is 3.07. The van der Waals surface area contributed by atoms with Gasteiger partial charge in [-0.3, -0.25) is 9.78 Å². The van der Waals surface area contributed by atoms with Crippen molar-refractivity contribution in [3.05, 3.63) is 65.3 Å². The van der Waals surface area contributed by atoms with Crippen LogP contribution in [-0.4, -0.2) is 22.5 Å². The molecule has 1 unspecified atom stereocenters. The second kappa shape index (κ2) is 8.04. The normalized spacial score (nSPS) is 12.2. The van der Waals surface area contributed by atoms with Crippen molar-refractivity contribution in [2.75, 3.05) is 6.54 Å². The molecule has 1 aromatic carbocycles. The molecule has 0 aliphatic heterocycles. The van der Waals surface area contributed by atoms with Gasteiger partial charge in [-0.15, -0.1) is 11.3 Å². The number of pyridine rings is 1. The predicted molar refractivity (Wildman–Crippen MR) is 97.0 cm³/mol. The van der Waals surface area contributed by atoms with Crippen LogP contribution in [-0.2, 0) is 11.2 Å². The average Bonchev–Trinajstić information content (AvgIpc) is 3.05. The fourth-order valence-electron chi connectivity index (χ4n) is 2.54. The minimum atomic E-state index is -0.665. The number of rotatable bonds is 7. The average molecular weight is 340 g/mol. The summed E-state index contributed by atoms with van der Waals surface area (Å²) in [5.41, 5.74) is 0.996. The molecule has 0 aliphatic rings. The Morgan fingerprint density at radius 3 is 2.83 bits per heavy atom. The summed E-state index contributed by atoms with van der Waals surface area (Å²) in [6.45, 7) is 0.245. The van der Waals surface area contributed by atoms with Gasteiger partial charge in [0.2, 0.25) is 5.91 Å². The summed E-state index contributed by atoms with van der Waals surface area (Å²) >= 11 is 1.56. The topological polar surface area (TPSA) is 62.2 Å². The Balaban J connectivity index is 1.43. The molecule has 1 amide bonds. The number of nitrogens with one attached hydrogen (secondary N) is 1. The molecule has 2 N–H and O–H groups in total. The van der Waals surface area contributed by atoms with Crippen molar-refractivity contribution in [3.8, 4) is 0 Å². The first-order chi connectivity index (χ1) is 11.7. The molecular weight excluding hydrogens is 320 g/mol. The first kappa shape index (κ1) is 16.6. The number of aromatic nitrogens is 1. The van der Waals surface area contributed by atoms with Crippen LogP contribution in [0.25, 0.3) is 10.1 Å². The first-order valence-corrected chi connectivity index (χ1v) is 8.87. The van der Waals surface area contributed by atoms with E-state index in [2.05, 4.69) is 10.3 Å². The Kier molecular flexibility index (Phi) is 5.56. The highest BCUT2D eigenvalue weighted by molar-refractivity contribution is 7.19. The van der Waals surface area contributed by atoms with E-state index in [9.17, 15) is 9.90 Å². The lowest BCUT2D eigenvalue weighted by molar-refractivity contribution is -0.121. The molecule has 0 fully saturated rings. The highest BCUT2D eigenvalue weighted by atomic mass is 32.1. The number of nitrogens with zero attached hydrogens (tertiary/aromatic N) is 1. The van der Waals surface area contributed by atoms with Crippen LogP contribution in [0.1, 0.15) is 29.5 Å². The Hall–Kier alpha value is -2.24. The molecule has 0 saturated heterocycles. The lowest BCUT2D eigenvalue weighted by atomic mass is 10.1. The molecule has 0 aliphatic carbocycles. The maximum Gasteiger partial charge on any atom is 0.220 e. The van der Waals surface area contributed by atoms with Crippen LogP contribution in [0.15, 0.2) is 54.7 Å². The fraction of sp³-hybridized carbons (Fsp3) is 0.263. The third-order valence-electron chi connectivity index (χ3n) is 3.83. The number of thiophene rings is 1. The van der Waals surface area contributed by atoms with Gasteiger partial charge < -0.3 is 10.4 Å². The fourth-order valence-corrected chi connectivity index (χ4v) is 3.59. The molecule has 1 atom stereocenters. The molecule has 0 radical (unpaired) electrons. The summed E-state index contributed by atoms with van der Waals surface area (Å²) in [5.74, 6) is -0.0360. The summed E-state index contributed by atoms with van der Waals surface area (Å²) in [7, 11) is 0. The van der Waals surface area contributed by atoms with E-state index in [1.165, 1.54) is 0 Å². The predicted octanol–water partition coefficient (Wildman–Crippen LogP) is 3.47. The zero-order chi connectivity index (χ0) is 16.8. The van der Waals surface area contributed by atoms with Crippen molar-refractivity contribution in [1.82, 2.24) is 10.3 Å². The Morgan fingerprint density at radius 2 is 2.04 bits per heavy atom. The van der Waals surface area contributed by atoms with Crippen LogP contribution in [0.5, 0.6) is 0 Å². The quantitative estimate of drug-likeness (QED) is 0.692. The van der Waals surface area contributed by atoms with E-state index >= 15 is 0 Å². The van der Waals surface area contributed by atoms with Crippen molar-refractivity contribution < 1.29 is 9.90 Å². The molecule has 5 heteroatoms. The molecule has 24 heavy (non-hydrogen) atoms. The van der Waals surface area contributed by atoms with Gasteiger partial charge in [0.25, 0.3) is 0 Å². The van der Waals surface area contributed by atoms with Crippen LogP contribution >= 0.6 is 11.3 Å². The molecule has 3 aromatic rings. The van der Waals surface area contributed by atoms with Crippen molar-refractivity contribution in [1.29, 1.82) is 0 Å². The number of carbonyl (C=O) groups is 1. The van der Waals surface area contributed by atoms with Crippen molar-refractivity contribution >= 4 is 27.3 Å². The minimum absolute atomic E-state index is 0.0360. The van der Waals surface area contributed by atoms with Gasteiger partial charge in [0.15, 0.2) is 0 Å². The summed E-state index contributed by atoms with van der Waals surface area (Å²) in [6, 6.07) is 15.8. The molecule has 2 aromatic heterocycles. The van der Waals surface area contributed by atoms with Gasteiger partial charge in [0.1, 0.15) is 6.10 Å². The number of benzene rings is 1. The van der Waals surface area contributed by atoms with E-state index < -0.39 is 6.10 Å². The largest absolute Gasteiger partial charge is 0.386 e. The van der Waals surface area contributed by atoms with Gasteiger partial charge in [0.05, 0.1) is 0 Å². The monoisotopic (exact) mass is 340 g/mol. The van der Waals surface area contributed by atoms with E-state index in [-0.39, 0.29) is 12.5 Å². The maximum atomic E-state index is 11.9. The first-order valence-electron chi connectivity index (χ1n) is 8.05. The number of carbonyl (C=O) groups excluding carboxylic acids is 1. The van der Waals surface area contributed by atoms with Crippen LogP contribution < -0.4 is 5.32 Å². The van der Waals surface area contributed by atoms with E-state index in [0.29, 0.717) is 6.42 Å². The van der Waals surface area contributed by atoms with E-state index in [4.69, 9.17) is 0 Å². The van der Waals surface area contributed by atoms with Crippen LogP contribution in [0.2, 0.25) is 0 Å². The molecule has 124 valence electrons. The van der Waals surface area contributed by atoms with Crippen molar-refractivity contribution in [2.24, 2.45) is 0 Å². The molecule has 0 saturated carbocycles. The van der Waals surface area contributed by atoms with Gasteiger partial charge in [0, 0.05) is 34.4 Å². The van der Waals surface area contributed by atoms with Gasteiger partial charge >= 0.3 is 0 Å². The molecular formula is C19H20N2O2S. The van der Waals surface area contributed by atoms with Crippen LogP contribution in [0, 0.1) is 0 Å². The molecule has 3 rings (SSSR count). The van der Waals surface area contributed by atoms with E-state index in [0.717, 1.165) is 33.5 Å². The van der Waals surface area contributed by atoms with Crippen LogP contribution in [0.4, 0.5) is 0 Å². The van der Waals surface area contributed by atoms with Gasteiger partial charge in [-0.2, -0.15) is 0 Å². The summed E-state index contributed by atoms with van der Waals surface area (Å²) in [4.78, 5) is 17.0. The van der Waals surface area contributed by atoms with Gasteiger partial charge in [-0.1, -0.05) is 24.3 Å². The number of hydrogen-bond acceptors (Lipinski definition) is 4. The Labute approximate surface area is 145 Å². The summed E-state index contributed by atoms with van der Waals surface area (Å²) < 4.78 is 1.15. The van der Waals surface area contributed by atoms with Gasteiger partial charge in [-0.25, -0.2) is 0 Å². The number of amides is 1. The van der Waals surface area contributed by atoms with Crippen molar-refractivity contribution in [3.63, 3.8) is 0 Å². The third-order valence-corrected chi connectivity index (χ3v) is 5.05. The summed E-state index contributed by atoms with van der Waals surface area (Å²) in [5, 5.41) is 14.2. The zero-order valence-electron chi connectivity index (χ0n) is 13.3. The smallest absolute Gasteiger partial charge is 0.220 e. The van der Waals surface area contributed by atoms with E-state index in [1.54, 1.807) is 17.5 Å². The SMILES string of the molecule is O=C(CCCc1ccccn1)NCC(O)c1cc2ccccc2s1. The highest BCUT2D eigenvalue weighted by Gasteiger charge is 2.12. The highest BCUT2D eigenvalue weighted by Crippen LogP contribution is 2.29. The molecule has 0 spiro atoms. The Morgan fingerprint density at radius 1 is 1.21 bits per heavy atom. The number of fused-ring (bicyclic) bond motifs is 1. The zero-order valence-corrected chi connectivity index (χ0v) is 14.1. The second-order valence-corrected chi connectivity index (χ2v) is 6.80. The third kappa shape index (κ3) is 4.40. The maximum absolute atomic E-state index is 11.9. The Bertz CT molecular complexity index is 768. The minimum Gasteiger partial charge on any atom is -0.386 e. The van der Waals surface area contributed by atoms with Crippen molar-refractivity contribution in [2.45, 2.75) is 25.4 Å². The lowest BCUT2D eigenvalue weighted by Gasteiger charge is -2.10. The number of aryl methyl sites for hydroxylation is 1. The number of aliphatic hydroxyl groups is 1.